The molecule has 0 saturated heterocycles. The van der Waals surface area contributed by atoms with Crippen molar-refractivity contribution in [3.8, 4) is 11.1 Å². The summed E-state index contributed by atoms with van der Waals surface area (Å²) in [7, 11) is 0. The fourth-order valence-corrected chi connectivity index (χ4v) is 1.96. The molecule has 0 N–H and O–H groups in total. The van der Waals surface area contributed by atoms with Gasteiger partial charge in [-0.3, -0.25) is 0 Å². The largest absolute Gasteiger partial charge is 0.246 e. The van der Waals surface area contributed by atoms with Crippen LogP contribution in [-0.4, -0.2) is 0 Å². The van der Waals surface area contributed by atoms with Gasteiger partial charge >= 0.3 is 0 Å². The van der Waals surface area contributed by atoms with Crippen LogP contribution in [0, 0.1) is 19.7 Å². The lowest BCUT2D eigenvalue weighted by Crippen LogP contribution is -1.91. The average Bonchev–Trinajstić information content (AvgIpc) is 2.32. The normalized spacial score (nSPS) is 10.6. The van der Waals surface area contributed by atoms with Crippen molar-refractivity contribution in [3.05, 3.63) is 58.9 Å². The summed E-state index contributed by atoms with van der Waals surface area (Å²) in [6.07, 6.45) is 0. The molecule has 0 heterocycles. The first-order valence-electron chi connectivity index (χ1n) is 5.54. The Morgan fingerprint density at radius 2 is 1.71 bits per heavy atom. The maximum absolute atomic E-state index is 13.1. The number of hydrogen-bond donors (Lipinski definition) is 0. The second-order valence-corrected chi connectivity index (χ2v) is 4.25. The van der Waals surface area contributed by atoms with Gasteiger partial charge in [-0.15, -0.1) is 0 Å². The van der Waals surface area contributed by atoms with E-state index >= 15 is 0 Å². The molecule has 0 atom stereocenters. The molecule has 0 nitrogen and oxygen atoms in total. The van der Waals surface area contributed by atoms with Gasteiger partial charge in [0.25, 0.3) is 0 Å². The molecular formula is C15H14F2. The van der Waals surface area contributed by atoms with E-state index in [2.05, 4.69) is 0 Å². The summed E-state index contributed by atoms with van der Waals surface area (Å²) in [6, 6.07) is 10.3. The van der Waals surface area contributed by atoms with Crippen molar-refractivity contribution in [1.29, 1.82) is 0 Å². The third kappa shape index (κ3) is 2.36. The lowest BCUT2D eigenvalue weighted by molar-refractivity contribution is 0.483. The Morgan fingerprint density at radius 1 is 0.941 bits per heavy atom. The summed E-state index contributed by atoms with van der Waals surface area (Å²) in [5, 5.41) is 0. The molecule has 17 heavy (non-hydrogen) atoms. The van der Waals surface area contributed by atoms with Crippen molar-refractivity contribution in [3.63, 3.8) is 0 Å². The van der Waals surface area contributed by atoms with Crippen molar-refractivity contribution >= 4 is 0 Å². The highest BCUT2D eigenvalue weighted by Gasteiger charge is 2.09. The molecule has 2 aromatic rings. The van der Waals surface area contributed by atoms with Gasteiger partial charge < -0.3 is 0 Å². The van der Waals surface area contributed by atoms with Crippen molar-refractivity contribution < 1.29 is 8.78 Å². The second kappa shape index (κ2) is 4.66. The minimum absolute atomic E-state index is 0.397. The van der Waals surface area contributed by atoms with Crippen LogP contribution in [-0.2, 0) is 6.67 Å². The van der Waals surface area contributed by atoms with Crippen LogP contribution in [0.3, 0.4) is 0 Å². The lowest BCUT2D eigenvalue weighted by atomic mass is 9.95. The van der Waals surface area contributed by atoms with Crippen LogP contribution >= 0.6 is 0 Å². The molecule has 2 rings (SSSR count). The summed E-state index contributed by atoms with van der Waals surface area (Å²) in [5.74, 6) is -0.397. The Morgan fingerprint density at radius 3 is 2.41 bits per heavy atom. The van der Waals surface area contributed by atoms with E-state index in [4.69, 9.17) is 0 Å². The van der Waals surface area contributed by atoms with Gasteiger partial charge in [0.2, 0.25) is 0 Å². The third-order valence-electron chi connectivity index (χ3n) is 2.89. The molecule has 0 aromatic heterocycles. The zero-order valence-corrected chi connectivity index (χ0v) is 9.93. The van der Waals surface area contributed by atoms with Gasteiger partial charge in [0, 0.05) is 0 Å². The Kier molecular flexibility index (Phi) is 3.23. The molecule has 2 heteroatoms. The fourth-order valence-electron chi connectivity index (χ4n) is 1.96. The van der Waals surface area contributed by atoms with Gasteiger partial charge in [-0.2, -0.15) is 0 Å². The van der Waals surface area contributed by atoms with Crippen LogP contribution in [0.25, 0.3) is 11.1 Å². The predicted octanol–water partition coefficient (Wildman–Crippen LogP) is 4.58. The molecule has 0 bridgehead atoms. The molecule has 0 saturated carbocycles. The monoisotopic (exact) mass is 232 g/mol. The molecule has 0 aliphatic heterocycles. The van der Waals surface area contributed by atoms with Crippen LogP contribution in [0.2, 0.25) is 0 Å². The summed E-state index contributed by atoms with van der Waals surface area (Å²) in [6.45, 7) is 3.31. The van der Waals surface area contributed by atoms with Gasteiger partial charge in [0.15, 0.2) is 0 Å². The highest BCUT2D eigenvalue weighted by Crippen LogP contribution is 2.29. The summed E-state index contributed by atoms with van der Waals surface area (Å²) >= 11 is 0. The van der Waals surface area contributed by atoms with Crippen molar-refractivity contribution in [2.45, 2.75) is 20.5 Å². The van der Waals surface area contributed by atoms with E-state index in [-0.39, 0.29) is 0 Å². The predicted molar refractivity (Wildman–Crippen MR) is 66.1 cm³/mol. The van der Waals surface area contributed by atoms with E-state index in [0.29, 0.717) is 5.56 Å². The number of benzene rings is 2. The average molecular weight is 232 g/mol. The highest BCUT2D eigenvalue weighted by atomic mass is 19.1. The maximum Gasteiger partial charge on any atom is 0.123 e. The van der Waals surface area contributed by atoms with Crippen molar-refractivity contribution in [2.24, 2.45) is 0 Å². The first-order chi connectivity index (χ1) is 8.11. The molecule has 0 radical (unpaired) electrons. The molecule has 0 amide bonds. The van der Waals surface area contributed by atoms with Gasteiger partial charge in [-0.1, -0.05) is 29.8 Å². The Balaban J connectivity index is 2.63. The number of rotatable bonds is 2. The Labute approximate surface area is 99.9 Å². The second-order valence-electron chi connectivity index (χ2n) is 4.25. The van der Waals surface area contributed by atoms with Gasteiger partial charge in [0.1, 0.15) is 12.5 Å². The molecule has 0 fully saturated rings. The number of aryl methyl sites for hydroxylation is 2. The van der Waals surface area contributed by atoms with E-state index in [9.17, 15) is 8.78 Å². The topological polar surface area (TPSA) is 0 Å². The van der Waals surface area contributed by atoms with E-state index in [1.807, 2.05) is 32.0 Å². The minimum atomic E-state index is -0.652. The van der Waals surface area contributed by atoms with Crippen LogP contribution < -0.4 is 0 Å². The summed E-state index contributed by atoms with van der Waals surface area (Å²) in [5.41, 5.74) is 4.32. The molecular weight excluding hydrogens is 218 g/mol. The van der Waals surface area contributed by atoms with E-state index < -0.39 is 12.5 Å². The van der Waals surface area contributed by atoms with Gasteiger partial charge in [-0.05, 0) is 48.2 Å². The fraction of sp³-hybridized carbons (Fsp3) is 0.200. The molecule has 0 aliphatic carbocycles. The zero-order chi connectivity index (χ0) is 12.4. The number of halogens is 2. The highest BCUT2D eigenvalue weighted by molar-refractivity contribution is 5.71. The summed E-state index contributed by atoms with van der Waals surface area (Å²) in [4.78, 5) is 0. The van der Waals surface area contributed by atoms with Crippen LogP contribution in [0.4, 0.5) is 8.78 Å². The standard InChI is InChI=1S/C15H14F2/c1-10-3-4-11(2)15(7-10)14-6-5-13(17)8-12(14)9-16/h3-8H,9H2,1-2H3. The maximum atomic E-state index is 13.1. The van der Waals surface area contributed by atoms with Crippen LogP contribution in [0.5, 0.6) is 0 Å². The van der Waals surface area contributed by atoms with Crippen LogP contribution in [0.15, 0.2) is 36.4 Å². The van der Waals surface area contributed by atoms with Crippen LogP contribution in [0.1, 0.15) is 16.7 Å². The first-order valence-corrected chi connectivity index (χ1v) is 5.54. The van der Waals surface area contributed by atoms with E-state index in [0.717, 1.165) is 22.3 Å². The molecule has 0 aliphatic rings. The Hall–Kier alpha value is -1.70. The molecule has 0 spiro atoms. The molecule has 2 aromatic carbocycles. The quantitative estimate of drug-likeness (QED) is 0.711. The summed E-state index contributed by atoms with van der Waals surface area (Å²) < 4.78 is 26.0. The number of alkyl halides is 1. The molecule has 0 unspecified atom stereocenters. The lowest BCUT2D eigenvalue weighted by Gasteiger charge is -2.11. The zero-order valence-electron chi connectivity index (χ0n) is 9.93. The minimum Gasteiger partial charge on any atom is -0.246 e. The number of hydrogen-bond acceptors (Lipinski definition) is 0. The SMILES string of the molecule is Cc1ccc(C)c(-c2ccc(F)cc2CF)c1. The van der Waals surface area contributed by atoms with Crippen molar-refractivity contribution in [1.82, 2.24) is 0 Å². The smallest absolute Gasteiger partial charge is 0.123 e. The van der Waals surface area contributed by atoms with Crippen molar-refractivity contribution in [2.75, 3.05) is 0 Å². The Bertz CT molecular complexity index is 545. The van der Waals surface area contributed by atoms with Gasteiger partial charge in [0.05, 0.1) is 0 Å². The third-order valence-corrected chi connectivity index (χ3v) is 2.89. The van der Waals surface area contributed by atoms with E-state index in [1.54, 1.807) is 6.07 Å². The van der Waals surface area contributed by atoms with Gasteiger partial charge in [-0.25, -0.2) is 8.78 Å². The van der Waals surface area contributed by atoms with E-state index in [1.165, 1.54) is 12.1 Å². The first kappa shape index (κ1) is 11.8. The molecule has 88 valence electrons.